The van der Waals surface area contributed by atoms with E-state index in [1.807, 2.05) is 0 Å². The van der Waals surface area contributed by atoms with Crippen LogP contribution in [0, 0.1) is 11.8 Å². The number of halogens is 2. The maximum absolute atomic E-state index is 5.86. The molecule has 1 saturated carbocycles. The molecule has 0 saturated heterocycles. The summed E-state index contributed by atoms with van der Waals surface area (Å²) in [6.07, 6.45) is 6.54. The van der Waals surface area contributed by atoms with E-state index < -0.39 is 0 Å². The van der Waals surface area contributed by atoms with Gasteiger partial charge < -0.3 is 0 Å². The molecular formula is C15H22Br2N2. The first-order valence-corrected chi connectivity index (χ1v) is 8.65. The summed E-state index contributed by atoms with van der Waals surface area (Å²) in [6.45, 7) is 2.30. The minimum absolute atomic E-state index is 0.237. The van der Waals surface area contributed by atoms with E-state index in [0.29, 0.717) is 5.92 Å². The Bertz CT molecular complexity index is 423. The molecule has 1 aliphatic carbocycles. The van der Waals surface area contributed by atoms with E-state index >= 15 is 0 Å². The van der Waals surface area contributed by atoms with Crippen LogP contribution in [0.3, 0.4) is 0 Å². The van der Waals surface area contributed by atoms with E-state index in [0.717, 1.165) is 14.9 Å². The maximum atomic E-state index is 5.86. The average Bonchev–Trinajstić information content (AvgIpc) is 2.44. The first-order chi connectivity index (χ1) is 9.15. The molecule has 2 rings (SSSR count). The van der Waals surface area contributed by atoms with Crippen LogP contribution in [0.2, 0.25) is 0 Å². The van der Waals surface area contributed by atoms with Crippen molar-refractivity contribution in [1.82, 2.24) is 5.43 Å². The van der Waals surface area contributed by atoms with E-state index in [1.54, 1.807) is 0 Å². The lowest BCUT2D eigenvalue weighted by atomic mass is 9.75. The van der Waals surface area contributed by atoms with Crippen LogP contribution in [0.15, 0.2) is 27.1 Å². The lowest BCUT2D eigenvalue weighted by Crippen LogP contribution is -2.36. The molecule has 0 aromatic heterocycles. The quantitative estimate of drug-likeness (QED) is 0.565. The zero-order valence-electron chi connectivity index (χ0n) is 11.3. The maximum Gasteiger partial charge on any atom is 0.0499 e. The summed E-state index contributed by atoms with van der Waals surface area (Å²) < 4.78 is 2.24. The fraction of sp³-hybridized carbons (Fsp3) is 0.600. The molecule has 2 nitrogen and oxygen atoms in total. The summed E-state index contributed by atoms with van der Waals surface area (Å²) >= 11 is 7.21. The smallest absolute Gasteiger partial charge is 0.0499 e. The molecule has 1 aromatic rings. The molecule has 0 aliphatic heterocycles. The van der Waals surface area contributed by atoms with E-state index in [9.17, 15) is 0 Å². The SMILES string of the molecule is CCC1CCCC(C(NN)c2cc(Br)ccc2Br)C1. The average molecular weight is 390 g/mol. The van der Waals surface area contributed by atoms with E-state index in [2.05, 4.69) is 62.4 Å². The molecule has 106 valence electrons. The summed E-state index contributed by atoms with van der Waals surface area (Å²) in [5.41, 5.74) is 4.31. The number of nitrogens with one attached hydrogen (secondary N) is 1. The second-order valence-corrected chi connectivity index (χ2v) is 7.28. The molecular weight excluding hydrogens is 368 g/mol. The summed E-state index contributed by atoms with van der Waals surface area (Å²) in [7, 11) is 0. The van der Waals surface area contributed by atoms with Gasteiger partial charge in [0.1, 0.15) is 0 Å². The Morgan fingerprint density at radius 2 is 2.16 bits per heavy atom. The van der Waals surface area contributed by atoms with Gasteiger partial charge in [-0.3, -0.25) is 11.3 Å². The number of hydrogen-bond donors (Lipinski definition) is 2. The van der Waals surface area contributed by atoms with Crippen LogP contribution < -0.4 is 11.3 Å². The van der Waals surface area contributed by atoms with Crippen molar-refractivity contribution < 1.29 is 0 Å². The van der Waals surface area contributed by atoms with Crippen molar-refractivity contribution in [3.05, 3.63) is 32.7 Å². The Hall–Kier alpha value is 0.1000. The molecule has 0 bridgehead atoms. The molecule has 19 heavy (non-hydrogen) atoms. The highest BCUT2D eigenvalue weighted by molar-refractivity contribution is 9.11. The Balaban J connectivity index is 2.21. The van der Waals surface area contributed by atoms with Gasteiger partial charge in [-0.1, -0.05) is 58.0 Å². The third kappa shape index (κ3) is 3.81. The molecule has 4 heteroatoms. The lowest BCUT2D eigenvalue weighted by molar-refractivity contribution is 0.209. The Morgan fingerprint density at radius 3 is 2.84 bits per heavy atom. The minimum atomic E-state index is 0.237. The molecule has 3 atom stereocenters. The van der Waals surface area contributed by atoms with Gasteiger partial charge in [-0.25, -0.2) is 0 Å². The van der Waals surface area contributed by atoms with Gasteiger partial charge in [0.05, 0.1) is 0 Å². The third-order valence-corrected chi connectivity index (χ3v) is 5.56. The second-order valence-electron chi connectivity index (χ2n) is 5.51. The van der Waals surface area contributed by atoms with Crippen LogP contribution in [-0.2, 0) is 0 Å². The lowest BCUT2D eigenvalue weighted by Gasteiger charge is -2.34. The van der Waals surface area contributed by atoms with Crippen molar-refractivity contribution in [2.75, 3.05) is 0 Å². The van der Waals surface area contributed by atoms with Gasteiger partial charge >= 0.3 is 0 Å². The third-order valence-electron chi connectivity index (χ3n) is 4.34. The first-order valence-electron chi connectivity index (χ1n) is 7.06. The predicted octanol–water partition coefficient (Wildman–Crippen LogP) is 4.93. The van der Waals surface area contributed by atoms with Crippen LogP contribution in [0.1, 0.15) is 50.6 Å². The number of hydrogen-bond acceptors (Lipinski definition) is 2. The van der Waals surface area contributed by atoms with Gasteiger partial charge in [0, 0.05) is 15.0 Å². The summed E-state index contributed by atoms with van der Waals surface area (Å²) in [5, 5.41) is 0. The zero-order chi connectivity index (χ0) is 13.8. The molecule has 3 N–H and O–H groups in total. The highest BCUT2D eigenvalue weighted by Gasteiger charge is 2.29. The van der Waals surface area contributed by atoms with Crippen molar-refractivity contribution in [3.63, 3.8) is 0 Å². The van der Waals surface area contributed by atoms with Crippen LogP contribution in [0.5, 0.6) is 0 Å². The fourth-order valence-corrected chi connectivity index (χ4v) is 4.11. The van der Waals surface area contributed by atoms with Crippen LogP contribution in [0.4, 0.5) is 0 Å². The summed E-state index contributed by atoms with van der Waals surface area (Å²) in [5.74, 6) is 7.35. The van der Waals surface area contributed by atoms with E-state index in [-0.39, 0.29) is 6.04 Å². The van der Waals surface area contributed by atoms with Crippen LogP contribution in [-0.4, -0.2) is 0 Å². The standard InChI is InChI=1S/C15H22Br2N2/c1-2-10-4-3-5-11(8-10)15(19-18)13-9-12(16)6-7-14(13)17/h6-7,9-11,15,19H,2-5,8,18H2,1H3. The zero-order valence-corrected chi connectivity index (χ0v) is 14.5. The molecule has 0 heterocycles. The fourth-order valence-electron chi connectivity index (χ4n) is 3.24. The molecule has 0 radical (unpaired) electrons. The highest BCUT2D eigenvalue weighted by Crippen LogP contribution is 2.40. The number of hydrazine groups is 1. The monoisotopic (exact) mass is 388 g/mol. The Kier molecular flexibility index (Phi) is 5.87. The largest absolute Gasteiger partial charge is 0.271 e. The van der Waals surface area contributed by atoms with Crippen molar-refractivity contribution in [2.45, 2.75) is 45.1 Å². The van der Waals surface area contributed by atoms with Crippen molar-refractivity contribution in [2.24, 2.45) is 17.7 Å². The van der Waals surface area contributed by atoms with E-state index in [4.69, 9.17) is 5.84 Å². The minimum Gasteiger partial charge on any atom is -0.271 e. The van der Waals surface area contributed by atoms with Crippen LogP contribution in [0.25, 0.3) is 0 Å². The molecule has 3 unspecified atom stereocenters. The highest BCUT2D eigenvalue weighted by atomic mass is 79.9. The Morgan fingerprint density at radius 1 is 1.37 bits per heavy atom. The molecule has 1 fully saturated rings. The van der Waals surface area contributed by atoms with Gasteiger partial charge in [0.25, 0.3) is 0 Å². The number of benzene rings is 1. The first kappa shape index (κ1) is 15.5. The predicted molar refractivity (Wildman–Crippen MR) is 87.6 cm³/mol. The second kappa shape index (κ2) is 7.21. The normalized spacial score (nSPS) is 25.3. The van der Waals surface area contributed by atoms with Crippen molar-refractivity contribution >= 4 is 31.9 Å². The molecule has 0 spiro atoms. The number of nitrogens with two attached hydrogens (primary N) is 1. The van der Waals surface area contributed by atoms with Gasteiger partial charge in [0.2, 0.25) is 0 Å². The Labute approximate surface area is 132 Å². The van der Waals surface area contributed by atoms with Crippen molar-refractivity contribution in [3.8, 4) is 0 Å². The van der Waals surface area contributed by atoms with Crippen LogP contribution >= 0.6 is 31.9 Å². The number of rotatable bonds is 4. The van der Waals surface area contributed by atoms with Gasteiger partial charge in [-0.15, -0.1) is 0 Å². The summed E-state index contributed by atoms with van der Waals surface area (Å²) in [4.78, 5) is 0. The van der Waals surface area contributed by atoms with E-state index in [1.165, 1.54) is 37.7 Å². The molecule has 0 amide bonds. The van der Waals surface area contributed by atoms with Crippen molar-refractivity contribution in [1.29, 1.82) is 0 Å². The van der Waals surface area contributed by atoms with Gasteiger partial charge in [-0.05, 0) is 48.4 Å². The topological polar surface area (TPSA) is 38.0 Å². The molecule has 1 aromatic carbocycles. The molecule has 1 aliphatic rings. The van der Waals surface area contributed by atoms with Gasteiger partial charge in [-0.2, -0.15) is 0 Å². The van der Waals surface area contributed by atoms with Gasteiger partial charge in [0.15, 0.2) is 0 Å². The summed E-state index contributed by atoms with van der Waals surface area (Å²) in [6, 6.07) is 6.55.